The number of benzene rings is 2. The van der Waals surface area contributed by atoms with E-state index in [0.29, 0.717) is 6.54 Å². The van der Waals surface area contributed by atoms with Crippen LogP contribution in [0.5, 0.6) is 0 Å². The van der Waals surface area contributed by atoms with E-state index in [9.17, 15) is 0 Å². The van der Waals surface area contributed by atoms with E-state index in [0.717, 1.165) is 30.0 Å². The Morgan fingerprint density at radius 2 is 1.92 bits per heavy atom. The highest BCUT2D eigenvalue weighted by Crippen LogP contribution is 2.22. The van der Waals surface area contributed by atoms with Gasteiger partial charge in [0.15, 0.2) is 0 Å². The van der Waals surface area contributed by atoms with Crippen LogP contribution in [-0.2, 0) is 13.1 Å². The molecule has 0 aliphatic heterocycles. The molecule has 2 aromatic heterocycles. The number of aromatic nitrogens is 5. The second-order valence-corrected chi connectivity index (χ2v) is 5.90. The molecule has 0 amide bonds. The molecule has 0 atom stereocenters. The highest BCUT2D eigenvalue weighted by molar-refractivity contribution is 5.86. The van der Waals surface area contributed by atoms with Gasteiger partial charge < -0.3 is 4.57 Å². The number of hydrogen-bond donors (Lipinski definition) is 0. The van der Waals surface area contributed by atoms with E-state index >= 15 is 0 Å². The fourth-order valence-corrected chi connectivity index (χ4v) is 2.94. The van der Waals surface area contributed by atoms with E-state index in [-0.39, 0.29) is 0 Å². The molecule has 4 rings (SSSR count). The molecule has 0 bridgehead atoms. The van der Waals surface area contributed by atoms with Gasteiger partial charge in [0.2, 0.25) is 0 Å². The van der Waals surface area contributed by atoms with Crippen molar-refractivity contribution in [3.05, 3.63) is 66.9 Å². The molecule has 4 aromatic rings. The molecule has 0 aliphatic carbocycles. The summed E-state index contributed by atoms with van der Waals surface area (Å²) < 4.78 is 4.01. The first-order chi connectivity index (χ1) is 11.8. The molecule has 2 heterocycles. The average Bonchev–Trinajstić information content (AvgIpc) is 3.25. The monoisotopic (exact) mass is 317 g/mol. The maximum atomic E-state index is 4.43. The van der Waals surface area contributed by atoms with Crippen LogP contribution in [0.2, 0.25) is 0 Å². The third kappa shape index (κ3) is 2.80. The predicted octanol–water partition coefficient (Wildman–Crippen LogP) is 3.75. The lowest BCUT2D eigenvalue weighted by molar-refractivity contribution is 0.571. The summed E-state index contributed by atoms with van der Waals surface area (Å²) in [4.78, 5) is 4.43. The fraction of sp³-hybridized carbons (Fsp3) is 0.211. The van der Waals surface area contributed by atoms with Crippen LogP contribution in [0.15, 0.2) is 61.1 Å². The second kappa shape index (κ2) is 6.28. The lowest BCUT2D eigenvalue weighted by Gasteiger charge is -2.05. The zero-order valence-corrected chi connectivity index (χ0v) is 13.6. The number of nitrogens with zero attached hydrogens (tertiary/aromatic N) is 5. The molecule has 0 N–H and O–H groups in total. The molecule has 0 unspecified atom stereocenters. The number of fused-ring (bicyclic) bond motifs is 1. The Balaban J connectivity index is 1.60. The molecule has 2 aromatic carbocycles. The number of rotatable bonds is 5. The highest BCUT2D eigenvalue weighted by atomic mass is 15.4. The summed E-state index contributed by atoms with van der Waals surface area (Å²) in [7, 11) is 0. The Morgan fingerprint density at radius 3 is 2.79 bits per heavy atom. The average molecular weight is 317 g/mol. The minimum absolute atomic E-state index is 0.633. The third-order valence-electron chi connectivity index (χ3n) is 4.15. The number of aryl methyl sites for hydroxylation is 1. The topological polar surface area (TPSA) is 48.5 Å². The smallest absolute Gasteiger partial charge is 0.130 e. The van der Waals surface area contributed by atoms with E-state index < -0.39 is 0 Å². The van der Waals surface area contributed by atoms with Crippen LogP contribution in [0.1, 0.15) is 19.2 Å². The lowest BCUT2D eigenvalue weighted by atomic mass is 10.1. The van der Waals surface area contributed by atoms with Crippen molar-refractivity contribution in [1.82, 2.24) is 24.5 Å². The summed E-state index contributed by atoms with van der Waals surface area (Å²) >= 11 is 0. The summed E-state index contributed by atoms with van der Waals surface area (Å²) in [5, 5.41) is 11.0. The number of imidazole rings is 1. The molecule has 0 spiro atoms. The Bertz CT molecular complexity index is 966. The largest absolute Gasteiger partial charge is 0.333 e. The van der Waals surface area contributed by atoms with E-state index in [1.807, 2.05) is 23.3 Å². The molecule has 24 heavy (non-hydrogen) atoms. The van der Waals surface area contributed by atoms with Gasteiger partial charge in [0.1, 0.15) is 18.1 Å². The van der Waals surface area contributed by atoms with Gasteiger partial charge in [0.05, 0.1) is 6.20 Å². The maximum absolute atomic E-state index is 4.43. The summed E-state index contributed by atoms with van der Waals surface area (Å²) in [6, 6.07) is 14.7. The van der Waals surface area contributed by atoms with Gasteiger partial charge in [0.25, 0.3) is 0 Å². The van der Waals surface area contributed by atoms with Crippen LogP contribution in [-0.4, -0.2) is 24.5 Å². The molecule has 0 radical (unpaired) electrons. The minimum Gasteiger partial charge on any atom is -0.333 e. The van der Waals surface area contributed by atoms with Crippen LogP contribution in [0, 0.1) is 0 Å². The van der Waals surface area contributed by atoms with Crippen LogP contribution >= 0.6 is 0 Å². The lowest BCUT2D eigenvalue weighted by Crippen LogP contribution is -2.08. The van der Waals surface area contributed by atoms with Crippen molar-refractivity contribution in [2.24, 2.45) is 0 Å². The molecule has 0 aliphatic rings. The normalized spacial score (nSPS) is 11.2. The van der Waals surface area contributed by atoms with Crippen LogP contribution in [0.4, 0.5) is 0 Å². The Kier molecular flexibility index (Phi) is 3.83. The predicted molar refractivity (Wildman–Crippen MR) is 94.6 cm³/mol. The van der Waals surface area contributed by atoms with Gasteiger partial charge in [-0.25, -0.2) is 9.67 Å². The SMILES string of the molecule is CCCn1ccnc1Cn1cc(-c2ccc3ccccc3c2)nn1. The van der Waals surface area contributed by atoms with Gasteiger partial charge in [-0.05, 0) is 23.3 Å². The summed E-state index contributed by atoms with van der Waals surface area (Å²) in [5.41, 5.74) is 1.96. The van der Waals surface area contributed by atoms with Crippen LogP contribution in [0.25, 0.3) is 22.0 Å². The zero-order chi connectivity index (χ0) is 16.4. The summed E-state index contributed by atoms with van der Waals surface area (Å²) in [5.74, 6) is 1.01. The van der Waals surface area contributed by atoms with Crippen molar-refractivity contribution in [2.45, 2.75) is 26.4 Å². The fourth-order valence-electron chi connectivity index (χ4n) is 2.94. The molecule has 0 saturated carbocycles. The zero-order valence-electron chi connectivity index (χ0n) is 13.6. The van der Waals surface area contributed by atoms with E-state index in [1.165, 1.54) is 10.8 Å². The minimum atomic E-state index is 0.633. The first-order valence-corrected chi connectivity index (χ1v) is 8.23. The third-order valence-corrected chi connectivity index (χ3v) is 4.15. The van der Waals surface area contributed by atoms with Gasteiger partial charge >= 0.3 is 0 Å². The maximum Gasteiger partial charge on any atom is 0.130 e. The molecular formula is C19H19N5. The van der Waals surface area contributed by atoms with Crippen molar-refractivity contribution in [1.29, 1.82) is 0 Å². The van der Waals surface area contributed by atoms with Crippen molar-refractivity contribution >= 4 is 10.8 Å². The summed E-state index contributed by atoms with van der Waals surface area (Å²) in [6.45, 7) is 3.77. The quantitative estimate of drug-likeness (QED) is 0.563. The highest BCUT2D eigenvalue weighted by Gasteiger charge is 2.08. The van der Waals surface area contributed by atoms with Crippen molar-refractivity contribution in [3.8, 4) is 11.3 Å². The first kappa shape index (κ1) is 14.6. The molecule has 0 fully saturated rings. The Hall–Kier alpha value is -2.95. The van der Waals surface area contributed by atoms with Gasteiger partial charge in [-0.3, -0.25) is 0 Å². The molecule has 120 valence electrons. The molecular weight excluding hydrogens is 298 g/mol. The van der Waals surface area contributed by atoms with Gasteiger partial charge in [-0.15, -0.1) is 5.10 Å². The van der Waals surface area contributed by atoms with Gasteiger partial charge in [-0.2, -0.15) is 0 Å². The molecule has 5 nitrogen and oxygen atoms in total. The Morgan fingerprint density at radius 1 is 1.04 bits per heavy atom. The van der Waals surface area contributed by atoms with Gasteiger partial charge in [0, 0.05) is 24.5 Å². The molecule has 0 saturated heterocycles. The van der Waals surface area contributed by atoms with E-state index in [1.54, 1.807) is 0 Å². The number of hydrogen-bond acceptors (Lipinski definition) is 3. The van der Waals surface area contributed by atoms with Crippen molar-refractivity contribution < 1.29 is 0 Å². The standard InChI is InChI=1S/C19H19N5/c1-2-10-23-11-9-20-19(23)14-24-13-18(21-22-24)17-8-7-15-5-3-4-6-16(15)12-17/h3-9,11-13H,2,10,14H2,1H3. The van der Waals surface area contributed by atoms with Crippen LogP contribution < -0.4 is 0 Å². The van der Waals surface area contributed by atoms with Crippen molar-refractivity contribution in [2.75, 3.05) is 0 Å². The summed E-state index contributed by atoms with van der Waals surface area (Å²) in [6.07, 6.45) is 6.92. The Labute approximate surface area is 140 Å². The second-order valence-electron chi connectivity index (χ2n) is 5.90. The molecule has 5 heteroatoms. The first-order valence-electron chi connectivity index (χ1n) is 8.23. The van der Waals surface area contributed by atoms with Crippen LogP contribution in [0.3, 0.4) is 0 Å². The van der Waals surface area contributed by atoms with E-state index in [2.05, 4.69) is 69.3 Å². The van der Waals surface area contributed by atoms with E-state index in [4.69, 9.17) is 0 Å². The van der Waals surface area contributed by atoms with Gasteiger partial charge in [-0.1, -0.05) is 48.5 Å². The van der Waals surface area contributed by atoms with Crippen molar-refractivity contribution in [3.63, 3.8) is 0 Å².